The maximum absolute atomic E-state index is 12.8. The number of urea groups is 1. The quantitative estimate of drug-likeness (QED) is 0.908. The van der Waals surface area contributed by atoms with E-state index >= 15 is 0 Å². The first kappa shape index (κ1) is 16.2. The van der Waals surface area contributed by atoms with Gasteiger partial charge in [0.2, 0.25) is 0 Å². The molecule has 3 atom stereocenters. The number of carbonyl (C=O) groups excluding carboxylic acids is 1. The van der Waals surface area contributed by atoms with Gasteiger partial charge in [-0.05, 0) is 24.5 Å². The lowest BCUT2D eigenvalue weighted by Gasteiger charge is -2.58. The Bertz CT molecular complexity index is 546. The number of amides is 2. The summed E-state index contributed by atoms with van der Waals surface area (Å²) in [5, 5.41) is 3.06. The first-order valence-electron chi connectivity index (χ1n) is 8.60. The van der Waals surface area contributed by atoms with Crippen LogP contribution in [0.5, 0.6) is 0 Å². The summed E-state index contributed by atoms with van der Waals surface area (Å²) in [6.07, 6.45) is 5.86. The lowest BCUT2D eigenvalue weighted by Crippen LogP contribution is -2.68. The summed E-state index contributed by atoms with van der Waals surface area (Å²) in [5.41, 5.74) is 1.05. The Morgan fingerprint density at radius 3 is 3.04 bits per heavy atom. The molecule has 23 heavy (non-hydrogen) atoms. The third kappa shape index (κ3) is 2.94. The molecule has 0 spiro atoms. The smallest absolute Gasteiger partial charge is 0.317 e. The van der Waals surface area contributed by atoms with Crippen LogP contribution in [0.15, 0.2) is 24.5 Å². The predicted octanol–water partition coefficient (Wildman–Crippen LogP) is 2.82. The summed E-state index contributed by atoms with van der Waals surface area (Å²) in [6, 6.07) is 4.16. The Morgan fingerprint density at radius 1 is 1.52 bits per heavy atom. The lowest BCUT2D eigenvalue weighted by molar-refractivity contribution is -0.143. The second-order valence-electron chi connectivity index (χ2n) is 7.22. The molecule has 5 nitrogen and oxygen atoms in total. The van der Waals surface area contributed by atoms with Crippen molar-refractivity contribution in [1.82, 2.24) is 15.2 Å². The van der Waals surface area contributed by atoms with Gasteiger partial charge in [0.05, 0.1) is 6.10 Å². The number of pyridine rings is 1. The number of fused-ring (bicyclic) bond motifs is 1. The zero-order valence-corrected chi connectivity index (χ0v) is 14.3. The van der Waals surface area contributed by atoms with Crippen molar-refractivity contribution >= 4 is 6.03 Å². The highest BCUT2D eigenvalue weighted by Crippen LogP contribution is 2.54. The zero-order chi connectivity index (χ0) is 16.4. The summed E-state index contributed by atoms with van der Waals surface area (Å²) in [6.45, 7) is 8.70. The number of rotatable bonds is 5. The molecule has 1 aliphatic heterocycles. The van der Waals surface area contributed by atoms with Gasteiger partial charge in [-0.1, -0.05) is 26.8 Å². The maximum Gasteiger partial charge on any atom is 0.317 e. The molecule has 1 aromatic heterocycles. The number of carbonyl (C=O) groups is 1. The molecule has 1 saturated heterocycles. The van der Waals surface area contributed by atoms with Gasteiger partial charge in [0.15, 0.2) is 0 Å². The summed E-state index contributed by atoms with van der Waals surface area (Å²) < 4.78 is 5.87. The van der Waals surface area contributed by atoms with Crippen molar-refractivity contribution in [2.45, 2.75) is 52.3 Å². The van der Waals surface area contributed by atoms with E-state index in [4.69, 9.17) is 4.74 Å². The van der Waals surface area contributed by atoms with E-state index in [-0.39, 0.29) is 17.5 Å². The number of hydrogen-bond donors (Lipinski definition) is 1. The Morgan fingerprint density at radius 2 is 2.35 bits per heavy atom. The molecule has 2 aliphatic rings. The van der Waals surface area contributed by atoms with E-state index in [1.165, 1.54) is 0 Å². The molecule has 1 saturated carbocycles. The normalized spacial score (nSPS) is 27.9. The predicted molar refractivity (Wildman–Crippen MR) is 88.9 cm³/mol. The number of nitrogens with one attached hydrogen (secondary N) is 1. The van der Waals surface area contributed by atoms with Crippen molar-refractivity contribution < 1.29 is 9.53 Å². The SMILES string of the molecule is CCCN(C(=O)NCc1cccnc1)[C@@H]1[C@H]2CCO[C@H]2C1(C)C. The van der Waals surface area contributed by atoms with Gasteiger partial charge in [0.25, 0.3) is 0 Å². The molecule has 2 amide bonds. The van der Waals surface area contributed by atoms with E-state index < -0.39 is 0 Å². The van der Waals surface area contributed by atoms with Crippen LogP contribution in [0.1, 0.15) is 39.2 Å². The van der Waals surface area contributed by atoms with Gasteiger partial charge in [0.1, 0.15) is 0 Å². The van der Waals surface area contributed by atoms with E-state index in [2.05, 4.69) is 31.1 Å². The molecule has 2 heterocycles. The average Bonchev–Trinajstić information content (AvgIpc) is 2.99. The number of nitrogens with zero attached hydrogens (tertiary/aromatic N) is 2. The highest BCUT2D eigenvalue weighted by Gasteiger charge is 2.61. The largest absolute Gasteiger partial charge is 0.377 e. The van der Waals surface area contributed by atoms with Crippen LogP contribution in [0.3, 0.4) is 0 Å². The Balaban J connectivity index is 1.67. The van der Waals surface area contributed by atoms with Crippen LogP contribution in [0.25, 0.3) is 0 Å². The summed E-state index contributed by atoms with van der Waals surface area (Å²) >= 11 is 0. The van der Waals surface area contributed by atoms with Crippen molar-refractivity contribution in [1.29, 1.82) is 0 Å². The Kier molecular flexibility index (Phi) is 4.57. The summed E-state index contributed by atoms with van der Waals surface area (Å²) in [7, 11) is 0. The fourth-order valence-electron chi connectivity index (χ4n) is 4.32. The molecule has 5 heteroatoms. The van der Waals surface area contributed by atoms with Crippen LogP contribution in [0, 0.1) is 11.3 Å². The minimum atomic E-state index is 0.0270. The molecule has 0 unspecified atom stereocenters. The third-order valence-electron chi connectivity index (χ3n) is 5.27. The zero-order valence-electron chi connectivity index (χ0n) is 14.3. The highest BCUT2D eigenvalue weighted by atomic mass is 16.5. The number of aromatic nitrogens is 1. The van der Waals surface area contributed by atoms with Crippen LogP contribution >= 0.6 is 0 Å². The minimum Gasteiger partial charge on any atom is -0.377 e. The first-order chi connectivity index (χ1) is 11.1. The molecule has 3 rings (SSSR count). The standard InChI is InChI=1S/C18H27N3O2/c1-4-9-21(15-14-7-10-23-16(14)18(15,2)3)17(22)20-12-13-6-5-8-19-11-13/h5-6,8,11,14-16H,4,7,9-10,12H2,1-3H3,(H,20,22)/t14-,15-,16-/m1/s1. The minimum absolute atomic E-state index is 0.0270. The van der Waals surface area contributed by atoms with Gasteiger partial charge in [-0.2, -0.15) is 0 Å². The van der Waals surface area contributed by atoms with Crippen molar-refractivity contribution in [2.75, 3.05) is 13.2 Å². The lowest BCUT2D eigenvalue weighted by atomic mass is 9.56. The molecule has 1 N–H and O–H groups in total. The van der Waals surface area contributed by atoms with Crippen LogP contribution in [-0.2, 0) is 11.3 Å². The topological polar surface area (TPSA) is 54.5 Å². The highest BCUT2D eigenvalue weighted by molar-refractivity contribution is 5.75. The van der Waals surface area contributed by atoms with E-state index in [1.54, 1.807) is 12.4 Å². The fraction of sp³-hybridized carbons (Fsp3) is 0.667. The second kappa shape index (κ2) is 6.48. The number of ether oxygens (including phenoxy) is 1. The van der Waals surface area contributed by atoms with Gasteiger partial charge in [-0.25, -0.2) is 4.79 Å². The molecular formula is C18H27N3O2. The molecule has 0 radical (unpaired) electrons. The fourth-order valence-corrected chi connectivity index (χ4v) is 4.32. The van der Waals surface area contributed by atoms with Gasteiger partial charge in [0, 0.05) is 49.5 Å². The monoisotopic (exact) mass is 317 g/mol. The van der Waals surface area contributed by atoms with Gasteiger partial charge >= 0.3 is 6.03 Å². The van der Waals surface area contributed by atoms with E-state index in [0.717, 1.165) is 31.6 Å². The third-order valence-corrected chi connectivity index (χ3v) is 5.27. The number of hydrogen-bond acceptors (Lipinski definition) is 3. The second-order valence-corrected chi connectivity index (χ2v) is 7.22. The van der Waals surface area contributed by atoms with Gasteiger partial charge < -0.3 is 15.0 Å². The maximum atomic E-state index is 12.8. The van der Waals surface area contributed by atoms with E-state index in [9.17, 15) is 4.79 Å². The van der Waals surface area contributed by atoms with Gasteiger partial charge in [-0.15, -0.1) is 0 Å². The van der Waals surface area contributed by atoms with Crippen molar-refractivity contribution in [3.05, 3.63) is 30.1 Å². The Hall–Kier alpha value is -1.62. The molecule has 0 bridgehead atoms. The van der Waals surface area contributed by atoms with Crippen molar-refractivity contribution in [2.24, 2.45) is 11.3 Å². The first-order valence-corrected chi connectivity index (χ1v) is 8.60. The van der Waals surface area contributed by atoms with Crippen LogP contribution in [-0.4, -0.2) is 41.2 Å². The molecule has 1 aliphatic carbocycles. The van der Waals surface area contributed by atoms with E-state index in [1.807, 2.05) is 17.0 Å². The average molecular weight is 317 g/mol. The molecule has 0 aromatic carbocycles. The van der Waals surface area contributed by atoms with Crippen LogP contribution in [0.4, 0.5) is 4.79 Å². The molecular weight excluding hydrogens is 290 g/mol. The van der Waals surface area contributed by atoms with E-state index in [0.29, 0.717) is 18.6 Å². The van der Waals surface area contributed by atoms with Crippen LogP contribution in [0.2, 0.25) is 0 Å². The van der Waals surface area contributed by atoms with Crippen LogP contribution < -0.4 is 5.32 Å². The molecule has 126 valence electrons. The van der Waals surface area contributed by atoms with Crippen molar-refractivity contribution in [3.63, 3.8) is 0 Å². The summed E-state index contributed by atoms with van der Waals surface area (Å²) in [4.78, 5) is 18.9. The Labute approximate surface area is 138 Å². The van der Waals surface area contributed by atoms with Crippen molar-refractivity contribution in [3.8, 4) is 0 Å². The molecule has 1 aromatic rings. The van der Waals surface area contributed by atoms with Gasteiger partial charge in [-0.3, -0.25) is 4.98 Å². The molecule has 2 fully saturated rings. The summed E-state index contributed by atoms with van der Waals surface area (Å²) in [5.74, 6) is 0.487.